The van der Waals surface area contributed by atoms with Gasteiger partial charge in [-0.3, -0.25) is 4.90 Å². The zero-order chi connectivity index (χ0) is 57.9. The van der Waals surface area contributed by atoms with Crippen LogP contribution >= 0.6 is 11.8 Å². The lowest BCUT2D eigenvalue weighted by atomic mass is 9.78. The van der Waals surface area contributed by atoms with Crippen molar-refractivity contribution < 1.29 is 4.74 Å². The summed E-state index contributed by atoms with van der Waals surface area (Å²) in [4.78, 5) is 2.50. The minimum atomic E-state index is 0.443. The fourth-order valence-electron chi connectivity index (χ4n) is 12.1. The van der Waals surface area contributed by atoms with Crippen LogP contribution < -0.4 is 26.6 Å². The molecule has 8 aliphatic heterocycles. The van der Waals surface area contributed by atoms with Gasteiger partial charge in [-0.15, -0.1) is 0 Å². The van der Waals surface area contributed by atoms with Gasteiger partial charge in [0, 0.05) is 70.6 Å². The average molecular weight is 1110 g/mol. The first-order valence-electron chi connectivity index (χ1n) is 33.5. The molecule has 0 aromatic carbocycles. The molecule has 1 saturated carbocycles. The Morgan fingerprint density at radius 3 is 1.35 bits per heavy atom. The van der Waals surface area contributed by atoms with Crippen LogP contribution in [0.2, 0.25) is 0 Å². The third-order valence-corrected chi connectivity index (χ3v) is 19.9. The Morgan fingerprint density at radius 1 is 0.538 bits per heavy atom. The summed E-state index contributed by atoms with van der Waals surface area (Å²) in [7, 11) is 0. The fourth-order valence-corrected chi connectivity index (χ4v) is 13.3. The minimum Gasteiger partial charge on any atom is -0.391 e. The summed E-state index contributed by atoms with van der Waals surface area (Å²) < 4.78 is 5.25. The maximum atomic E-state index is 5.25. The summed E-state index contributed by atoms with van der Waals surface area (Å²) in [6.07, 6.45) is 35.3. The zero-order valence-electron chi connectivity index (χ0n) is 55.4. The number of piperazine rings is 1. The van der Waals surface area contributed by atoms with E-state index in [9.17, 15) is 0 Å². The topological polar surface area (TPSA) is 72.6 Å². The number of hydrogen-bond donors (Lipinski definition) is 5. The molecule has 78 heavy (non-hydrogen) atoms. The van der Waals surface area contributed by atoms with Gasteiger partial charge in [-0.2, -0.15) is 11.8 Å². The number of piperidine rings is 1. The lowest BCUT2D eigenvalue weighted by Crippen LogP contribution is -2.46. The van der Waals surface area contributed by atoms with Crippen LogP contribution in [0.5, 0.6) is 0 Å². The second-order valence-electron chi connectivity index (χ2n) is 29.3. The number of nitrogens with zero attached hydrogens (tertiary/aromatic N) is 1. The van der Waals surface area contributed by atoms with Gasteiger partial charge < -0.3 is 31.3 Å². The van der Waals surface area contributed by atoms with E-state index in [1.807, 2.05) is 0 Å². The molecule has 4 unspecified atom stereocenters. The van der Waals surface area contributed by atoms with Gasteiger partial charge in [0.1, 0.15) is 0 Å². The van der Waals surface area contributed by atoms with Crippen molar-refractivity contribution in [3.8, 4) is 0 Å². The number of ether oxygens (including phenoxy) is 1. The van der Waals surface area contributed by atoms with Gasteiger partial charge in [0.15, 0.2) is 0 Å². The highest BCUT2D eigenvalue weighted by Gasteiger charge is 2.34. The highest BCUT2D eigenvalue weighted by Crippen LogP contribution is 2.36. The fraction of sp³-hybridized carbons (Fsp3) is 0.914. The van der Waals surface area contributed by atoms with Gasteiger partial charge in [0.05, 0.1) is 0 Å². The Hall–Kier alpha value is -0.870. The first kappa shape index (κ1) is 73.2. The molecule has 8 heterocycles. The summed E-state index contributed by atoms with van der Waals surface area (Å²) in [5.74, 6) is 12.7. The maximum Gasteiger partial charge on any atom is 0.0468 e. The molecule has 2 aliphatic carbocycles. The van der Waals surface area contributed by atoms with Gasteiger partial charge in [-0.1, -0.05) is 173 Å². The van der Waals surface area contributed by atoms with E-state index in [0.717, 1.165) is 123 Å². The van der Waals surface area contributed by atoms with Crippen molar-refractivity contribution in [2.24, 2.45) is 75.9 Å². The van der Waals surface area contributed by atoms with Crippen molar-refractivity contribution in [1.82, 2.24) is 31.5 Å². The second-order valence-corrected chi connectivity index (χ2v) is 30.5. The van der Waals surface area contributed by atoms with Crippen LogP contribution in [-0.2, 0) is 4.74 Å². The molecular weight excluding hydrogens is 973 g/mol. The van der Waals surface area contributed by atoms with E-state index in [-0.39, 0.29) is 0 Å². The van der Waals surface area contributed by atoms with Crippen molar-refractivity contribution in [3.05, 3.63) is 36.1 Å². The predicted molar refractivity (Wildman–Crippen MR) is 351 cm³/mol. The van der Waals surface area contributed by atoms with E-state index < -0.39 is 0 Å². The molecule has 2 bridgehead atoms. The number of allylic oxidation sites excluding steroid dienone is 3. The Kier molecular flexibility index (Phi) is 39.4. The Bertz CT molecular complexity index is 1430. The van der Waals surface area contributed by atoms with Crippen molar-refractivity contribution >= 4 is 11.8 Å². The van der Waals surface area contributed by atoms with Crippen LogP contribution in [0, 0.1) is 75.9 Å². The first-order chi connectivity index (χ1) is 37.0. The van der Waals surface area contributed by atoms with E-state index in [1.165, 1.54) is 153 Å². The monoisotopic (exact) mass is 1110 g/mol. The zero-order valence-corrected chi connectivity index (χ0v) is 56.3. The molecule has 0 radical (unpaired) electrons. The molecule has 10 aliphatic rings. The standard InChI is InChI=1S/C10H19N.C9H17N.C9H16.C8H15N.C8H16O.C8H16S.C7H16N2.C6H13N.C5H10/c1-7(2)8-5-9-3-4-10(6-8)11-9;1-9(2,3)8-4-6-10-7-5-8;1-9(2,3)8-6-4-5-7-8;3*1-7(2)8-3-5-9-6-4-8;1-7(2)9-5-3-8-4-6-9;1-5(2)6-3-7-4-6;1-2-4-5-3-1/h7-11H,3-6H2,1-2H3;4,6,8,10H,5,7H2,1-3H3;4,6,8H,5,7H2,1-3H3;3,7,9H,4-6H2,1-2H3;3*7-8H,3-6H2,1-2H3;5-7H,3-4H2,1-2H3;1-5H2. The van der Waals surface area contributed by atoms with Gasteiger partial charge in [0.25, 0.3) is 0 Å². The Balaban J connectivity index is 0.000000302. The van der Waals surface area contributed by atoms with Crippen molar-refractivity contribution in [2.75, 3.05) is 83.6 Å². The molecular formula is C70H138N6OS. The molecule has 6 saturated heterocycles. The van der Waals surface area contributed by atoms with Crippen molar-refractivity contribution in [1.29, 1.82) is 0 Å². The molecule has 10 rings (SSSR count). The van der Waals surface area contributed by atoms with Gasteiger partial charge in [-0.25, -0.2) is 0 Å². The van der Waals surface area contributed by atoms with Crippen molar-refractivity contribution in [2.45, 2.75) is 252 Å². The van der Waals surface area contributed by atoms with E-state index in [4.69, 9.17) is 4.74 Å². The summed E-state index contributed by atoms with van der Waals surface area (Å²) in [6, 6.07) is 2.48. The molecule has 0 aromatic heterocycles. The number of nitrogens with one attached hydrogen (secondary N) is 5. The largest absolute Gasteiger partial charge is 0.391 e. The summed E-state index contributed by atoms with van der Waals surface area (Å²) in [5, 5.41) is 16.7. The van der Waals surface area contributed by atoms with E-state index in [0.29, 0.717) is 10.8 Å². The van der Waals surface area contributed by atoms with Crippen LogP contribution in [0.1, 0.15) is 234 Å². The second kappa shape index (κ2) is 42.0. The maximum absolute atomic E-state index is 5.25. The lowest BCUT2D eigenvalue weighted by molar-refractivity contribution is 0.0523. The van der Waals surface area contributed by atoms with Crippen LogP contribution in [0.25, 0.3) is 0 Å². The van der Waals surface area contributed by atoms with Gasteiger partial charge in [-0.05, 0) is 204 Å². The first-order valence-corrected chi connectivity index (χ1v) is 34.7. The van der Waals surface area contributed by atoms with E-state index in [2.05, 4.69) is 198 Å². The average Bonchev–Trinajstić information content (AvgIpc) is 4.25. The number of rotatable bonds is 6. The molecule has 4 atom stereocenters. The van der Waals surface area contributed by atoms with Crippen LogP contribution in [0.4, 0.5) is 0 Å². The molecule has 8 heteroatoms. The minimum absolute atomic E-state index is 0.443. The molecule has 7 nitrogen and oxygen atoms in total. The Labute approximate surface area is 493 Å². The Morgan fingerprint density at radius 2 is 1.05 bits per heavy atom. The third kappa shape index (κ3) is 34.0. The molecule has 7 fully saturated rings. The van der Waals surface area contributed by atoms with Gasteiger partial charge >= 0.3 is 0 Å². The molecule has 460 valence electrons. The van der Waals surface area contributed by atoms with Crippen LogP contribution in [-0.4, -0.2) is 107 Å². The van der Waals surface area contributed by atoms with Crippen LogP contribution in [0.3, 0.4) is 0 Å². The van der Waals surface area contributed by atoms with E-state index >= 15 is 0 Å². The number of fused-ring (bicyclic) bond motifs is 2. The molecule has 5 N–H and O–H groups in total. The van der Waals surface area contributed by atoms with Gasteiger partial charge in [0.2, 0.25) is 0 Å². The van der Waals surface area contributed by atoms with Crippen LogP contribution in [0.15, 0.2) is 36.1 Å². The SMILES string of the molecule is C1CCCC1.CC(C)(C)C1C=CCC1.CC(C)(C)C1C=CNCC1.CC(C)C1=CCNCC1.CC(C)C1CC2CCC(C1)N2.CC(C)C1CCOCC1.CC(C)C1CCSCC1.CC(C)C1CNC1.CC(C)N1CCNCC1. The quantitative estimate of drug-likeness (QED) is 0.169. The predicted octanol–water partition coefficient (Wildman–Crippen LogP) is 16.9. The number of hydrogen-bond acceptors (Lipinski definition) is 8. The number of thioether (sulfide) groups is 1. The summed E-state index contributed by atoms with van der Waals surface area (Å²) in [6.45, 7) is 54.1. The van der Waals surface area contributed by atoms with E-state index in [1.54, 1.807) is 5.57 Å². The molecule has 0 spiro atoms. The molecule has 0 amide bonds. The highest BCUT2D eigenvalue weighted by atomic mass is 32.2. The highest BCUT2D eigenvalue weighted by molar-refractivity contribution is 7.99. The molecule has 0 aromatic rings. The lowest BCUT2D eigenvalue weighted by Gasteiger charge is -2.31. The summed E-state index contributed by atoms with van der Waals surface area (Å²) >= 11 is 2.12. The summed E-state index contributed by atoms with van der Waals surface area (Å²) in [5.41, 5.74) is 2.56. The smallest absolute Gasteiger partial charge is 0.0468 e. The third-order valence-electron chi connectivity index (χ3n) is 18.9. The van der Waals surface area contributed by atoms with Crippen molar-refractivity contribution in [3.63, 3.8) is 0 Å². The normalized spacial score (nSPS) is 26.5.